The minimum atomic E-state index is -0.278. The Balaban J connectivity index is 0.000000552. The molecule has 4 rings (SSSR count). The fourth-order valence-corrected chi connectivity index (χ4v) is 3.00. The first-order chi connectivity index (χ1) is 13.5. The Bertz CT molecular complexity index is 1060. The molecule has 0 bridgehead atoms. The quantitative estimate of drug-likeness (QED) is 0.585. The molecule has 144 valence electrons. The van der Waals surface area contributed by atoms with E-state index in [0.29, 0.717) is 0 Å². The summed E-state index contributed by atoms with van der Waals surface area (Å²) in [4.78, 5) is 15.5. The van der Waals surface area contributed by atoms with Crippen molar-refractivity contribution in [1.82, 2.24) is 9.97 Å². The molecule has 0 saturated heterocycles. The van der Waals surface area contributed by atoms with E-state index < -0.39 is 0 Å². The summed E-state index contributed by atoms with van der Waals surface area (Å²) in [7, 11) is 6.07. The predicted octanol–water partition coefficient (Wildman–Crippen LogP) is 3.40. The maximum absolute atomic E-state index is 7.58. The van der Waals surface area contributed by atoms with Gasteiger partial charge in [0.05, 0.1) is 12.8 Å². The molecule has 3 heterocycles. The Morgan fingerprint density at radius 3 is 2.59 bits per heavy atom. The first kappa shape index (κ1) is 23.2. The van der Waals surface area contributed by atoms with E-state index in [1.807, 2.05) is 37.3 Å². The van der Waals surface area contributed by atoms with Crippen molar-refractivity contribution in [3.63, 3.8) is 0 Å². The number of benzene rings is 1. The van der Waals surface area contributed by atoms with Crippen LogP contribution in [-0.2, 0) is 37.4 Å². The van der Waals surface area contributed by atoms with Gasteiger partial charge in [-0.15, -0.1) is 11.2 Å². The second-order valence-corrected chi connectivity index (χ2v) is 6.31. The smallest absolute Gasteiger partial charge is 0 e. The molecule has 1 aromatic carbocycles. The van der Waals surface area contributed by atoms with Gasteiger partial charge < -0.3 is 14.7 Å². The first-order valence-corrected chi connectivity index (χ1v) is 8.78. The number of hydrogen-bond donors (Lipinski definition) is 2. The number of aromatic amines is 1. The molecule has 29 heavy (non-hydrogen) atoms. The van der Waals surface area contributed by atoms with Gasteiger partial charge in [0.2, 0.25) is 0 Å². The van der Waals surface area contributed by atoms with Crippen molar-refractivity contribution in [3.05, 3.63) is 76.6 Å². The summed E-state index contributed by atoms with van der Waals surface area (Å²) >= 11 is 0. The number of methoxy groups -OCH3 is 1. The van der Waals surface area contributed by atoms with E-state index in [9.17, 15) is 0 Å². The molecule has 0 saturated carbocycles. The molecule has 2 N–H and O–H groups in total. The number of aryl methyl sites for hydroxylation is 2. The van der Waals surface area contributed by atoms with Gasteiger partial charge in [-0.05, 0) is 36.9 Å². The number of fused-ring (bicyclic) bond motifs is 1. The number of rotatable bonds is 4. The number of aliphatic hydroxyl groups is 1. The molecule has 0 aliphatic carbocycles. The van der Waals surface area contributed by atoms with E-state index in [1.54, 1.807) is 7.11 Å². The van der Waals surface area contributed by atoms with Gasteiger partial charge in [0.15, 0.2) is 0 Å². The van der Waals surface area contributed by atoms with Crippen LogP contribution in [0, 0.1) is 13.8 Å². The van der Waals surface area contributed by atoms with Crippen LogP contribution in [0.5, 0.6) is 0 Å². The van der Waals surface area contributed by atoms with E-state index in [2.05, 4.69) is 47.6 Å². The molecule has 2 radical (unpaired) electrons. The van der Waals surface area contributed by atoms with Crippen LogP contribution in [-0.4, -0.2) is 37.3 Å². The number of aromatic nitrogens is 2. The van der Waals surface area contributed by atoms with Crippen molar-refractivity contribution in [2.24, 2.45) is 9.89 Å². The summed E-state index contributed by atoms with van der Waals surface area (Å²) in [5.41, 5.74) is 6.87. The van der Waals surface area contributed by atoms with Crippen molar-refractivity contribution in [2.45, 2.75) is 13.8 Å². The van der Waals surface area contributed by atoms with Crippen molar-refractivity contribution in [2.75, 3.05) is 13.8 Å². The number of aliphatic hydroxyl groups excluding tert-OH is 1. The average Bonchev–Trinajstić information content (AvgIpc) is 3.38. The zero-order valence-electron chi connectivity index (χ0n) is 16.7. The third-order valence-corrected chi connectivity index (χ3v) is 4.27. The Morgan fingerprint density at radius 1 is 1.28 bits per heavy atom. The van der Waals surface area contributed by atoms with Crippen LogP contribution in [0.15, 0.2) is 63.8 Å². The summed E-state index contributed by atoms with van der Waals surface area (Å²) in [6.45, 7) is 3.85. The Hall–Kier alpha value is -2.08. The Morgan fingerprint density at radius 2 is 2.00 bits per heavy atom. The molecular formula is C21H21BN4O2Y-. The molecule has 0 fully saturated rings. The van der Waals surface area contributed by atoms with Crippen LogP contribution < -0.4 is 4.98 Å². The Labute approximate surface area is 196 Å². The number of para-hydroxylation sites is 1. The van der Waals surface area contributed by atoms with Gasteiger partial charge in [-0.25, -0.2) is 4.99 Å². The summed E-state index contributed by atoms with van der Waals surface area (Å²) in [5.74, 6) is 0.753. The predicted molar refractivity (Wildman–Crippen MR) is 112 cm³/mol. The van der Waals surface area contributed by atoms with Gasteiger partial charge in [-0.1, -0.05) is 30.3 Å². The Kier molecular flexibility index (Phi) is 8.50. The number of nitrogens with one attached hydrogen (secondary N) is 1. The zero-order chi connectivity index (χ0) is 20.1. The first-order valence-electron chi connectivity index (χ1n) is 8.78. The van der Waals surface area contributed by atoms with Crippen LogP contribution in [0.1, 0.15) is 22.6 Å². The summed E-state index contributed by atoms with van der Waals surface area (Å²) in [6.07, 6.45) is 3.96. The molecule has 6 nitrogen and oxygen atoms in total. The van der Waals surface area contributed by atoms with Crippen LogP contribution in [0.25, 0.3) is 17.0 Å². The number of hydrogen-bond acceptors (Lipinski definition) is 4. The van der Waals surface area contributed by atoms with Crippen LogP contribution in [0.4, 0.5) is 0 Å². The molecule has 0 atom stereocenters. The third kappa shape index (κ3) is 5.50. The van der Waals surface area contributed by atoms with Gasteiger partial charge in [0.25, 0.3) is 0 Å². The number of allylic oxidation sites excluding steroid dienone is 1. The van der Waals surface area contributed by atoms with E-state index in [0.717, 1.165) is 45.2 Å². The van der Waals surface area contributed by atoms with Gasteiger partial charge in [0.1, 0.15) is 11.5 Å². The van der Waals surface area contributed by atoms with Crippen LogP contribution in [0.2, 0.25) is 0 Å². The molecule has 0 unspecified atom stereocenters. The minimum Gasteiger partial charge on any atom is 0 e. The molecule has 8 heteroatoms. The molecule has 2 aromatic heterocycles. The average molecular weight is 461 g/mol. The van der Waals surface area contributed by atoms with Crippen molar-refractivity contribution < 1.29 is 42.6 Å². The second-order valence-electron chi connectivity index (χ2n) is 6.31. The summed E-state index contributed by atoms with van der Waals surface area (Å²) in [5, 5.41) is 8.70. The topological polar surface area (TPSA) is 84.1 Å². The van der Waals surface area contributed by atoms with Crippen molar-refractivity contribution >= 4 is 30.3 Å². The van der Waals surface area contributed by atoms with Gasteiger partial charge in [-0.2, -0.15) is 0 Å². The van der Waals surface area contributed by atoms with Crippen LogP contribution in [0.3, 0.4) is 0 Å². The summed E-state index contributed by atoms with van der Waals surface area (Å²) < 4.78 is 5.51. The van der Waals surface area contributed by atoms with E-state index in [1.165, 1.54) is 5.56 Å². The van der Waals surface area contributed by atoms with E-state index in [-0.39, 0.29) is 39.4 Å². The maximum Gasteiger partial charge on any atom is 0 e. The molecule has 1 aliphatic heterocycles. The molecule has 3 aromatic rings. The second kappa shape index (κ2) is 10.6. The fraction of sp³-hybridized carbons (Fsp3) is 0.190. The van der Waals surface area contributed by atoms with E-state index >= 15 is 0 Å². The SMILES string of the molecule is COC1=CC(c2cc3ccccc3[n-]2)=N/C1=C\c1[nH]c(C)cc1C.[B]=NCO.[Y]. The molecule has 1 aliphatic rings. The minimum absolute atomic E-state index is 0. The summed E-state index contributed by atoms with van der Waals surface area (Å²) in [6, 6.07) is 12.3. The number of nitrogens with zero attached hydrogens (tertiary/aromatic N) is 3. The monoisotopic (exact) mass is 461 g/mol. The van der Waals surface area contributed by atoms with Crippen LogP contribution >= 0.6 is 0 Å². The fourth-order valence-electron chi connectivity index (χ4n) is 3.00. The number of aliphatic imine (C=N–C) groups is 1. The molecule has 0 spiro atoms. The zero-order valence-corrected chi connectivity index (χ0v) is 19.5. The number of ether oxygens (including phenoxy) is 1. The van der Waals surface area contributed by atoms with Crippen molar-refractivity contribution in [1.29, 1.82) is 0 Å². The van der Waals surface area contributed by atoms with Crippen molar-refractivity contribution in [3.8, 4) is 0 Å². The largest absolute Gasteiger partial charge is 0 e. The standard InChI is InChI=1S/C20H18N3O.CH3BNO.Y/c1-12-8-13(2)21-16(12)10-19-20(24-3)11-18(23-19)17-9-14-6-4-5-7-15(14)22-17;2-3-1-4;/h4-11,21H,1-3H3;4H,1H2;/q-1;;/b19-10-;;. The maximum atomic E-state index is 7.58. The van der Waals surface area contributed by atoms with Gasteiger partial charge in [0, 0.05) is 50.2 Å². The van der Waals surface area contributed by atoms with Gasteiger partial charge in [-0.3, -0.25) is 0 Å². The normalized spacial score (nSPS) is 14.0. The van der Waals surface area contributed by atoms with Gasteiger partial charge >= 0.3 is 24.4 Å². The number of H-pyrrole nitrogens is 1. The third-order valence-electron chi connectivity index (χ3n) is 4.27. The molecule has 0 amide bonds. The van der Waals surface area contributed by atoms with E-state index in [4.69, 9.17) is 14.8 Å². The molecular weight excluding hydrogens is 440 g/mol.